The van der Waals surface area contributed by atoms with Crippen molar-refractivity contribution in [2.24, 2.45) is 0 Å². The summed E-state index contributed by atoms with van der Waals surface area (Å²) < 4.78 is 66.5. The Balaban J connectivity index is 1.86. The standard InChI is InChI=1S/C20H18ClF3N2O2S/c21-17-10-14(20(22,23)24)7-8-19(17)29(27,28)26-12-16(13-4-3-9-25-11-13)15-5-1-2-6-18(15)26/h1-2,5-8,10,12-13,25H,3-4,9,11H2. The molecule has 0 spiro atoms. The molecule has 0 saturated carbocycles. The van der Waals surface area contributed by atoms with Crippen molar-refractivity contribution < 1.29 is 21.6 Å². The minimum atomic E-state index is -4.60. The van der Waals surface area contributed by atoms with Crippen LogP contribution in [0, 0.1) is 0 Å². The molecule has 2 aromatic carbocycles. The van der Waals surface area contributed by atoms with Gasteiger partial charge in [0.15, 0.2) is 0 Å². The van der Waals surface area contributed by atoms with Crippen LogP contribution in [0.3, 0.4) is 0 Å². The van der Waals surface area contributed by atoms with Gasteiger partial charge in [-0.3, -0.25) is 0 Å². The van der Waals surface area contributed by atoms with Crippen LogP contribution in [-0.4, -0.2) is 25.5 Å². The molecule has 1 aromatic heterocycles. The summed E-state index contributed by atoms with van der Waals surface area (Å²) in [5.41, 5.74) is 0.385. The van der Waals surface area contributed by atoms with Crippen LogP contribution in [0.1, 0.15) is 29.9 Å². The van der Waals surface area contributed by atoms with Crippen molar-refractivity contribution in [3.63, 3.8) is 0 Å². The number of benzene rings is 2. The largest absolute Gasteiger partial charge is 0.416 e. The van der Waals surface area contributed by atoms with Crippen LogP contribution in [0.25, 0.3) is 10.9 Å². The maximum atomic E-state index is 13.3. The highest BCUT2D eigenvalue weighted by Crippen LogP contribution is 2.37. The van der Waals surface area contributed by atoms with Gasteiger partial charge in [-0.05, 0) is 55.1 Å². The Kier molecular flexibility index (Phi) is 5.13. The number of nitrogens with one attached hydrogen (secondary N) is 1. The highest BCUT2D eigenvalue weighted by Gasteiger charge is 2.33. The number of hydrogen-bond donors (Lipinski definition) is 1. The summed E-state index contributed by atoms with van der Waals surface area (Å²) in [4.78, 5) is -0.360. The fraction of sp³-hybridized carbons (Fsp3) is 0.300. The maximum Gasteiger partial charge on any atom is 0.416 e. The fourth-order valence-corrected chi connectivity index (χ4v) is 5.71. The van der Waals surface area contributed by atoms with Crippen molar-refractivity contribution in [3.05, 3.63) is 64.8 Å². The second kappa shape index (κ2) is 7.34. The summed E-state index contributed by atoms with van der Waals surface area (Å²) in [6, 6.07) is 9.40. The van der Waals surface area contributed by atoms with E-state index in [1.54, 1.807) is 18.3 Å². The monoisotopic (exact) mass is 442 g/mol. The summed E-state index contributed by atoms with van der Waals surface area (Å²) in [6.07, 6.45) is -1.11. The molecule has 4 nitrogen and oxygen atoms in total. The highest BCUT2D eigenvalue weighted by atomic mass is 35.5. The van der Waals surface area contributed by atoms with Crippen molar-refractivity contribution in [3.8, 4) is 0 Å². The number of nitrogens with zero attached hydrogens (tertiary/aromatic N) is 1. The Morgan fingerprint density at radius 1 is 1.14 bits per heavy atom. The molecule has 1 aliphatic heterocycles. The number of aromatic nitrogens is 1. The van der Waals surface area contributed by atoms with Crippen LogP contribution in [0.2, 0.25) is 5.02 Å². The lowest BCUT2D eigenvalue weighted by Gasteiger charge is -2.22. The van der Waals surface area contributed by atoms with Crippen molar-refractivity contribution >= 4 is 32.5 Å². The molecule has 1 aliphatic rings. The van der Waals surface area contributed by atoms with Gasteiger partial charge in [0.05, 0.1) is 16.1 Å². The first-order chi connectivity index (χ1) is 13.7. The summed E-state index contributed by atoms with van der Waals surface area (Å²) in [7, 11) is -4.18. The summed E-state index contributed by atoms with van der Waals surface area (Å²) in [5, 5.41) is 3.67. The minimum absolute atomic E-state index is 0.160. The van der Waals surface area contributed by atoms with Crippen molar-refractivity contribution in [1.29, 1.82) is 0 Å². The van der Waals surface area contributed by atoms with Gasteiger partial charge in [-0.2, -0.15) is 13.2 Å². The SMILES string of the molecule is O=S(=O)(c1ccc(C(F)(F)F)cc1Cl)n1cc(C2CCCNC2)c2ccccc21. The molecule has 0 aliphatic carbocycles. The summed E-state index contributed by atoms with van der Waals surface area (Å²) in [6.45, 7) is 1.67. The molecular weight excluding hydrogens is 425 g/mol. The highest BCUT2D eigenvalue weighted by molar-refractivity contribution is 7.90. The van der Waals surface area contributed by atoms with E-state index in [9.17, 15) is 21.6 Å². The van der Waals surface area contributed by atoms with Crippen molar-refractivity contribution in [2.45, 2.75) is 29.8 Å². The van der Waals surface area contributed by atoms with E-state index in [2.05, 4.69) is 5.32 Å². The van der Waals surface area contributed by atoms with E-state index in [1.165, 1.54) is 0 Å². The summed E-state index contributed by atoms with van der Waals surface area (Å²) in [5.74, 6) is 0.160. The molecule has 1 atom stereocenters. The normalized spacial score (nSPS) is 18.3. The fourth-order valence-electron chi connectivity index (χ4n) is 3.81. The lowest BCUT2D eigenvalue weighted by atomic mass is 9.91. The number of halogens is 4. The van der Waals surface area contributed by atoms with E-state index in [4.69, 9.17) is 11.6 Å². The number of piperidine rings is 1. The average molecular weight is 443 g/mol. The molecule has 0 radical (unpaired) electrons. The van der Waals surface area contributed by atoms with E-state index in [1.807, 2.05) is 12.1 Å². The first-order valence-electron chi connectivity index (χ1n) is 9.12. The molecule has 1 unspecified atom stereocenters. The Morgan fingerprint density at radius 3 is 2.55 bits per heavy atom. The predicted octanol–water partition coefficient (Wildman–Crippen LogP) is 5.02. The molecule has 29 heavy (non-hydrogen) atoms. The molecule has 1 saturated heterocycles. The van der Waals surface area contributed by atoms with E-state index in [0.717, 1.165) is 53.0 Å². The third-order valence-corrected chi connectivity index (χ3v) is 7.40. The first-order valence-corrected chi connectivity index (χ1v) is 10.9. The quantitative estimate of drug-likeness (QED) is 0.619. The zero-order valence-corrected chi connectivity index (χ0v) is 16.8. The lowest BCUT2D eigenvalue weighted by Crippen LogP contribution is -2.28. The number of rotatable bonds is 3. The molecule has 3 aromatic rings. The molecule has 0 bridgehead atoms. The Morgan fingerprint density at radius 2 is 1.90 bits per heavy atom. The molecule has 154 valence electrons. The zero-order valence-electron chi connectivity index (χ0n) is 15.2. The molecule has 9 heteroatoms. The van der Waals surface area contributed by atoms with Gasteiger partial charge in [0.2, 0.25) is 0 Å². The average Bonchev–Trinajstić information content (AvgIpc) is 3.08. The molecular formula is C20H18ClF3N2O2S. The van der Waals surface area contributed by atoms with Crippen LogP contribution in [0.5, 0.6) is 0 Å². The van der Waals surface area contributed by atoms with E-state index >= 15 is 0 Å². The van der Waals surface area contributed by atoms with Crippen LogP contribution < -0.4 is 5.32 Å². The molecule has 4 rings (SSSR count). The maximum absolute atomic E-state index is 13.3. The third kappa shape index (κ3) is 3.65. The minimum Gasteiger partial charge on any atom is -0.316 e. The van der Waals surface area contributed by atoms with Gasteiger partial charge in [-0.15, -0.1) is 0 Å². The van der Waals surface area contributed by atoms with Crippen LogP contribution in [0.15, 0.2) is 53.6 Å². The number of hydrogen-bond acceptors (Lipinski definition) is 3. The first kappa shape index (κ1) is 20.3. The molecule has 1 N–H and O–H groups in total. The Hall–Kier alpha value is -2.03. The molecule has 2 heterocycles. The number of para-hydroxylation sites is 1. The van der Waals surface area contributed by atoms with Gasteiger partial charge < -0.3 is 5.32 Å². The van der Waals surface area contributed by atoms with E-state index < -0.39 is 26.8 Å². The second-order valence-corrected chi connectivity index (χ2v) is 9.28. The smallest absolute Gasteiger partial charge is 0.316 e. The lowest BCUT2D eigenvalue weighted by molar-refractivity contribution is -0.137. The van der Waals surface area contributed by atoms with Crippen LogP contribution in [0.4, 0.5) is 13.2 Å². The second-order valence-electron chi connectivity index (χ2n) is 7.09. The topological polar surface area (TPSA) is 51.1 Å². The summed E-state index contributed by atoms with van der Waals surface area (Å²) >= 11 is 5.97. The molecule has 1 fully saturated rings. The van der Waals surface area contributed by atoms with Gasteiger partial charge in [0.1, 0.15) is 4.90 Å². The van der Waals surface area contributed by atoms with Gasteiger partial charge in [-0.25, -0.2) is 12.4 Å². The van der Waals surface area contributed by atoms with Gasteiger partial charge >= 0.3 is 6.18 Å². The van der Waals surface area contributed by atoms with Gasteiger partial charge in [-0.1, -0.05) is 29.8 Å². The Labute approximate surface area is 171 Å². The molecule has 0 amide bonds. The zero-order chi connectivity index (χ0) is 20.8. The number of fused-ring (bicyclic) bond motifs is 1. The number of alkyl halides is 3. The van der Waals surface area contributed by atoms with Crippen LogP contribution in [-0.2, 0) is 16.2 Å². The van der Waals surface area contributed by atoms with Crippen molar-refractivity contribution in [2.75, 3.05) is 13.1 Å². The van der Waals surface area contributed by atoms with Gasteiger partial charge in [0, 0.05) is 18.1 Å². The van der Waals surface area contributed by atoms with E-state index in [-0.39, 0.29) is 10.8 Å². The van der Waals surface area contributed by atoms with E-state index in [0.29, 0.717) is 11.6 Å². The third-order valence-electron chi connectivity index (χ3n) is 5.24. The predicted molar refractivity (Wildman–Crippen MR) is 106 cm³/mol. The van der Waals surface area contributed by atoms with Gasteiger partial charge in [0.25, 0.3) is 10.0 Å². The Bertz CT molecular complexity index is 1170. The van der Waals surface area contributed by atoms with Crippen molar-refractivity contribution in [1.82, 2.24) is 9.29 Å². The van der Waals surface area contributed by atoms with Crippen LogP contribution >= 0.6 is 11.6 Å².